The predicted octanol–water partition coefficient (Wildman–Crippen LogP) is 2.92. The summed E-state index contributed by atoms with van der Waals surface area (Å²) in [6, 6.07) is 8.21. The Bertz CT molecular complexity index is 777. The molecule has 1 aromatic heterocycles. The van der Waals surface area contributed by atoms with Crippen LogP contribution in [-0.2, 0) is 18.2 Å². The van der Waals surface area contributed by atoms with E-state index in [2.05, 4.69) is 0 Å². The van der Waals surface area contributed by atoms with Crippen LogP contribution >= 0.6 is 0 Å². The van der Waals surface area contributed by atoms with Crippen molar-refractivity contribution in [1.82, 2.24) is 4.57 Å². The van der Waals surface area contributed by atoms with Crippen LogP contribution in [0.2, 0.25) is 0 Å². The molecule has 0 spiro atoms. The van der Waals surface area contributed by atoms with E-state index < -0.39 is 17.0 Å². The fraction of sp³-hybridized carbons (Fsp3) is 0.294. The normalized spacial score (nSPS) is 11.8. The number of nitrogens with zero attached hydrogens (tertiary/aromatic N) is 2. The van der Waals surface area contributed by atoms with Crippen LogP contribution in [0.5, 0.6) is 0 Å². The van der Waals surface area contributed by atoms with Crippen LogP contribution in [0.1, 0.15) is 40.3 Å². The van der Waals surface area contributed by atoms with Gasteiger partial charge in [0, 0.05) is 18.7 Å². The second-order valence-electron chi connectivity index (χ2n) is 5.41. The zero-order valence-corrected chi connectivity index (χ0v) is 13.7. The molecule has 0 saturated heterocycles. The number of ether oxygens (including phenoxy) is 1. The van der Waals surface area contributed by atoms with Crippen LogP contribution in [0.3, 0.4) is 0 Å². The first-order valence-electron chi connectivity index (χ1n) is 7.48. The first-order chi connectivity index (χ1) is 11.3. The molecule has 0 aliphatic heterocycles. The number of ketones is 1. The van der Waals surface area contributed by atoms with Crippen molar-refractivity contribution in [3.05, 3.63) is 63.5 Å². The van der Waals surface area contributed by atoms with Crippen LogP contribution in [0.25, 0.3) is 0 Å². The summed E-state index contributed by atoms with van der Waals surface area (Å²) in [5, 5.41) is 10.7. The molecule has 0 bridgehead atoms. The maximum atomic E-state index is 12.3. The first kappa shape index (κ1) is 17.4. The fourth-order valence-corrected chi connectivity index (χ4v) is 2.26. The summed E-state index contributed by atoms with van der Waals surface area (Å²) in [4.78, 5) is 34.6. The Kier molecular flexibility index (Phi) is 5.13. The number of carbonyl (C=O) groups is 2. The summed E-state index contributed by atoms with van der Waals surface area (Å²) in [6.07, 6.45) is 1.09. The fourth-order valence-electron chi connectivity index (χ4n) is 2.26. The van der Waals surface area contributed by atoms with Crippen molar-refractivity contribution in [2.75, 3.05) is 0 Å². The largest absolute Gasteiger partial charge is 0.450 e. The van der Waals surface area contributed by atoms with Crippen molar-refractivity contribution < 1.29 is 19.2 Å². The Hall–Kier alpha value is -2.96. The quantitative estimate of drug-likeness (QED) is 0.351. The molecule has 24 heavy (non-hydrogen) atoms. The number of benzene rings is 1. The van der Waals surface area contributed by atoms with Crippen molar-refractivity contribution in [2.45, 2.75) is 26.4 Å². The molecule has 0 aliphatic carbocycles. The number of rotatable bonds is 6. The molecule has 2 rings (SSSR count). The van der Waals surface area contributed by atoms with E-state index in [1.807, 2.05) is 19.1 Å². The first-order valence-corrected chi connectivity index (χ1v) is 7.48. The summed E-state index contributed by atoms with van der Waals surface area (Å²) < 4.78 is 6.45. The SMILES string of the molecule is CCc1ccc(C(=O)C(C)OC(=O)c2cc([N+](=O)[O-])cn2C)cc1. The third-order valence-corrected chi connectivity index (χ3v) is 3.71. The molecule has 0 radical (unpaired) electrons. The number of esters is 1. The lowest BCUT2D eigenvalue weighted by molar-refractivity contribution is -0.384. The molecule has 0 amide bonds. The van der Waals surface area contributed by atoms with Gasteiger partial charge in [-0.25, -0.2) is 4.79 Å². The van der Waals surface area contributed by atoms with Crippen LogP contribution < -0.4 is 0 Å². The topological polar surface area (TPSA) is 91.4 Å². The van der Waals surface area contributed by atoms with Crippen LogP contribution in [0.15, 0.2) is 36.5 Å². The van der Waals surface area contributed by atoms with Gasteiger partial charge in [0.15, 0.2) is 6.10 Å². The van der Waals surface area contributed by atoms with E-state index in [4.69, 9.17) is 4.74 Å². The lowest BCUT2D eigenvalue weighted by Crippen LogP contribution is -2.25. The molecule has 1 atom stereocenters. The van der Waals surface area contributed by atoms with Gasteiger partial charge in [-0.3, -0.25) is 14.9 Å². The molecule has 0 aliphatic rings. The van der Waals surface area contributed by atoms with Gasteiger partial charge in [0.2, 0.25) is 5.78 Å². The van der Waals surface area contributed by atoms with E-state index in [0.717, 1.165) is 18.1 Å². The van der Waals surface area contributed by atoms with Gasteiger partial charge in [-0.05, 0) is 18.9 Å². The number of hydrogen-bond acceptors (Lipinski definition) is 5. The van der Waals surface area contributed by atoms with Gasteiger partial charge in [0.25, 0.3) is 5.69 Å². The van der Waals surface area contributed by atoms with E-state index in [0.29, 0.717) is 5.56 Å². The van der Waals surface area contributed by atoms with Gasteiger partial charge in [-0.15, -0.1) is 0 Å². The molecule has 1 heterocycles. The number of carbonyl (C=O) groups excluding carboxylic acids is 2. The smallest absolute Gasteiger partial charge is 0.355 e. The van der Waals surface area contributed by atoms with E-state index in [-0.39, 0.29) is 17.2 Å². The average Bonchev–Trinajstić information content (AvgIpc) is 2.96. The molecular formula is C17H18N2O5. The second kappa shape index (κ2) is 7.08. The van der Waals surface area contributed by atoms with Crippen molar-refractivity contribution in [1.29, 1.82) is 0 Å². The lowest BCUT2D eigenvalue weighted by Gasteiger charge is -2.12. The zero-order chi connectivity index (χ0) is 17.9. The standard InChI is InChI=1S/C17H18N2O5/c1-4-12-5-7-13(8-6-12)16(20)11(2)24-17(21)15-9-14(19(22)23)10-18(15)3/h5-11H,4H2,1-3H3. The highest BCUT2D eigenvalue weighted by atomic mass is 16.6. The maximum Gasteiger partial charge on any atom is 0.355 e. The van der Waals surface area contributed by atoms with Crippen molar-refractivity contribution >= 4 is 17.4 Å². The van der Waals surface area contributed by atoms with Crippen LogP contribution in [0, 0.1) is 10.1 Å². The minimum absolute atomic E-state index is 0.0164. The van der Waals surface area contributed by atoms with Gasteiger partial charge in [0.05, 0.1) is 11.1 Å². The van der Waals surface area contributed by atoms with Gasteiger partial charge < -0.3 is 9.30 Å². The summed E-state index contributed by atoms with van der Waals surface area (Å²) in [5.41, 5.74) is 1.36. The summed E-state index contributed by atoms with van der Waals surface area (Å²) in [5.74, 6) is -1.11. The Morgan fingerprint density at radius 2 is 1.92 bits per heavy atom. The highest BCUT2D eigenvalue weighted by Gasteiger charge is 2.24. The third kappa shape index (κ3) is 3.68. The second-order valence-corrected chi connectivity index (χ2v) is 5.41. The Labute approximate surface area is 139 Å². The molecular weight excluding hydrogens is 312 g/mol. The Morgan fingerprint density at radius 1 is 1.29 bits per heavy atom. The lowest BCUT2D eigenvalue weighted by atomic mass is 10.0. The van der Waals surface area contributed by atoms with E-state index in [9.17, 15) is 19.7 Å². The number of aryl methyl sites for hydroxylation is 2. The average molecular weight is 330 g/mol. The van der Waals surface area contributed by atoms with E-state index in [1.54, 1.807) is 12.1 Å². The van der Waals surface area contributed by atoms with Crippen molar-refractivity contribution in [3.8, 4) is 0 Å². The highest BCUT2D eigenvalue weighted by molar-refractivity contribution is 6.01. The molecule has 0 N–H and O–H groups in total. The molecule has 126 valence electrons. The Balaban J connectivity index is 2.10. The number of Topliss-reactive ketones (excluding diaryl/α,β-unsaturated/α-hetero) is 1. The minimum atomic E-state index is -0.987. The molecule has 0 saturated carbocycles. The monoisotopic (exact) mass is 330 g/mol. The van der Waals surface area contributed by atoms with Crippen LogP contribution in [-0.4, -0.2) is 27.3 Å². The zero-order valence-electron chi connectivity index (χ0n) is 13.7. The molecule has 2 aromatic rings. The molecule has 1 unspecified atom stereocenters. The molecule has 7 nitrogen and oxygen atoms in total. The summed E-state index contributed by atoms with van der Waals surface area (Å²) >= 11 is 0. The molecule has 1 aromatic carbocycles. The van der Waals surface area contributed by atoms with Gasteiger partial charge in [-0.1, -0.05) is 31.2 Å². The molecule has 7 heteroatoms. The van der Waals surface area contributed by atoms with E-state index in [1.165, 1.54) is 24.7 Å². The van der Waals surface area contributed by atoms with Crippen molar-refractivity contribution in [2.24, 2.45) is 7.05 Å². The Morgan fingerprint density at radius 3 is 2.42 bits per heavy atom. The summed E-state index contributed by atoms with van der Waals surface area (Å²) in [6.45, 7) is 3.49. The number of aromatic nitrogens is 1. The van der Waals surface area contributed by atoms with Gasteiger partial charge in [0.1, 0.15) is 5.69 Å². The van der Waals surface area contributed by atoms with E-state index >= 15 is 0 Å². The number of nitro groups is 1. The minimum Gasteiger partial charge on any atom is -0.450 e. The van der Waals surface area contributed by atoms with Crippen molar-refractivity contribution in [3.63, 3.8) is 0 Å². The number of hydrogen-bond donors (Lipinski definition) is 0. The van der Waals surface area contributed by atoms with Gasteiger partial charge >= 0.3 is 5.97 Å². The summed E-state index contributed by atoms with van der Waals surface area (Å²) in [7, 11) is 1.50. The maximum absolute atomic E-state index is 12.3. The highest BCUT2D eigenvalue weighted by Crippen LogP contribution is 2.17. The third-order valence-electron chi connectivity index (χ3n) is 3.71. The van der Waals surface area contributed by atoms with Crippen LogP contribution in [0.4, 0.5) is 5.69 Å². The molecule has 0 fully saturated rings. The van der Waals surface area contributed by atoms with Gasteiger partial charge in [-0.2, -0.15) is 0 Å². The predicted molar refractivity (Wildman–Crippen MR) is 87.1 cm³/mol.